The molecule has 142 valence electrons. The molecule has 1 aliphatic heterocycles. The number of anilines is 1. The number of nitrogens with two attached hydrogens (primary N) is 1. The Morgan fingerprint density at radius 2 is 2.00 bits per heavy atom. The molecule has 0 saturated carbocycles. The normalized spacial score (nSPS) is 15.5. The Kier molecular flexibility index (Phi) is 5.21. The number of amidine groups is 1. The third-order valence-corrected chi connectivity index (χ3v) is 4.86. The predicted molar refractivity (Wildman–Crippen MR) is 104 cm³/mol. The Morgan fingerprint density at radius 3 is 2.59 bits per heavy atom. The van der Waals surface area contributed by atoms with Crippen LogP contribution >= 0.6 is 0 Å². The van der Waals surface area contributed by atoms with Crippen LogP contribution in [0.25, 0.3) is 10.9 Å². The maximum absolute atomic E-state index is 14.7. The van der Waals surface area contributed by atoms with Crippen LogP contribution in [0.5, 0.6) is 0 Å². The summed E-state index contributed by atoms with van der Waals surface area (Å²) >= 11 is 0. The van der Waals surface area contributed by atoms with Crippen molar-refractivity contribution in [2.75, 3.05) is 18.0 Å². The first kappa shape index (κ1) is 18.9. The molecule has 0 atom stereocenters. The number of carbonyl (C=O) groups excluding carboxylic acids is 2. The number of piperidine rings is 1. The Hall–Kier alpha value is -2.83. The number of nitrogens with zero attached hydrogens (tertiary/aromatic N) is 3. The van der Waals surface area contributed by atoms with E-state index >= 15 is 0 Å². The van der Waals surface area contributed by atoms with Crippen molar-refractivity contribution in [2.24, 2.45) is 10.7 Å². The van der Waals surface area contributed by atoms with Gasteiger partial charge in [-0.05, 0) is 43.5 Å². The van der Waals surface area contributed by atoms with Crippen LogP contribution in [0.2, 0.25) is 0 Å². The number of fused-ring (bicyclic) bond motifs is 1. The first-order valence-electron chi connectivity index (χ1n) is 9.06. The second-order valence-corrected chi connectivity index (χ2v) is 6.85. The van der Waals surface area contributed by atoms with Gasteiger partial charge in [0.25, 0.3) is 5.91 Å². The van der Waals surface area contributed by atoms with Crippen LogP contribution in [-0.4, -0.2) is 35.6 Å². The van der Waals surface area contributed by atoms with Gasteiger partial charge >= 0.3 is 0 Å². The zero-order chi connectivity index (χ0) is 19.7. The topological polar surface area (TPSA) is 88.7 Å². The molecule has 7 heteroatoms. The number of benzene rings is 1. The van der Waals surface area contributed by atoms with Gasteiger partial charge in [-0.25, -0.2) is 9.37 Å². The SMILES string of the molecule is CCc1cc(F)c2nc(N3CCC(=O)CC3)c(C(=O)N=C(C)N)c(C)c2c1. The molecule has 1 aromatic heterocycles. The van der Waals surface area contributed by atoms with Crippen LogP contribution in [0.1, 0.15) is 48.2 Å². The number of hydrogen-bond donors (Lipinski definition) is 1. The number of rotatable bonds is 3. The fourth-order valence-electron chi connectivity index (χ4n) is 3.39. The van der Waals surface area contributed by atoms with Gasteiger partial charge < -0.3 is 10.6 Å². The number of aryl methyl sites for hydroxylation is 2. The summed E-state index contributed by atoms with van der Waals surface area (Å²) in [7, 11) is 0. The molecule has 0 radical (unpaired) electrons. The van der Waals surface area contributed by atoms with E-state index < -0.39 is 11.7 Å². The zero-order valence-electron chi connectivity index (χ0n) is 15.8. The van der Waals surface area contributed by atoms with E-state index in [2.05, 4.69) is 9.98 Å². The lowest BCUT2D eigenvalue weighted by Crippen LogP contribution is -2.35. The number of aliphatic imine (C=N–C) groups is 1. The van der Waals surface area contributed by atoms with E-state index in [4.69, 9.17) is 5.73 Å². The molecule has 1 saturated heterocycles. The number of halogens is 1. The molecule has 1 aromatic carbocycles. The molecule has 6 nitrogen and oxygen atoms in total. The van der Waals surface area contributed by atoms with Gasteiger partial charge in [-0.2, -0.15) is 4.99 Å². The molecule has 0 unspecified atom stereocenters. The average Bonchev–Trinajstić information content (AvgIpc) is 2.62. The minimum atomic E-state index is -0.504. The van der Waals surface area contributed by atoms with Crippen molar-refractivity contribution in [3.63, 3.8) is 0 Å². The number of pyridine rings is 1. The average molecular weight is 370 g/mol. The highest BCUT2D eigenvalue weighted by Crippen LogP contribution is 2.32. The van der Waals surface area contributed by atoms with Crippen molar-refractivity contribution in [2.45, 2.75) is 40.0 Å². The van der Waals surface area contributed by atoms with Gasteiger partial charge in [-0.3, -0.25) is 9.59 Å². The summed E-state index contributed by atoms with van der Waals surface area (Å²) in [5, 5.41) is 0.594. The summed E-state index contributed by atoms with van der Waals surface area (Å²) in [6.07, 6.45) is 1.43. The van der Waals surface area contributed by atoms with Gasteiger partial charge in [-0.1, -0.05) is 6.92 Å². The van der Waals surface area contributed by atoms with Crippen LogP contribution in [-0.2, 0) is 11.2 Å². The van der Waals surface area contributed by atoms with Crippen LogP contribution < -0.4 is 10.6 Å². The maximum atomic E-state index is 14.7. The Bertz CT molecular complexity index is 954. The standard InChI is InChI=1S/C20H23FN4O2/c1-4-13-9-15-11(2)17(20(27)23-12(3)22)19(24-18(15)16(21)10-13)25-7-5-14(26)6-8-25/h9-10H,4-8H2,1-3H3,(H2,22,23,27). The van der Waals surface area contributed by atoms with E-state index in [-0.39, 0.29) is 17.1 Å². The smallest absolute Gasteiger partial charge is 0.282 e. The minimum absolute atomic E-state index is 0.146. The quantitative estimate of drug-likeness (QED) is 0.663. The minimum Gasteiger partial charge on any atom is -0.387 e. The van der Waals surface area contributed by atoms with E-state index in [1.165, 1.54) is 13.0 Å². The monoisotopic (exact) mass is 370 g/mol. The lowest BCUT2D eigenvalue weighted by molar-refractivity contribution is -0.119. The van der Waals surface area contributed by atoms with Crippen molar-refractivity contribution < 1.29 is 14.0 Å². The molecule has 0 aliphatic carbocycles. The van der Waals surface area contributed by atoms with Crippen LogP contribution in [0, 0.1) is 12.7 Å². The number of carbonyl (C=O) groups is 2. The lowest BCUT2D eigenvalue weighted by Gasteiger charge is -2.29. The summed E-state index contributed by atoms with van der Waals surface area (Å²) < 4.78 is 14.7. The largest absolute Gasteiger partial charge is 0.387 e. The second-order valence-electron chi connectivity index (χ2n) is 6.85. The van der Waals surface area contributed by atoms with Gasteiger partial charge in [0, 0.05) is 31.3 Å². The third kappa shape index (κ3) is 3.67. The summed E-state index contributed by atoms with van der Waals surface area (Å²) in [5.74, 6) is -0.236. The summed E-state index contributed by atoms with van der Waals surface area (Å²) in [6.45, 7) is 6.14. The van der Waals surface area contributed by atoms with Gasteiger partial charge in [0.2, 0.25) is 0 Å². The predicted octanol–water partition coefficient (Wildman–Crippen LogP) is 2.93. The molecule has 27 heavy (non-hydrogen) atoms. The van der Waals surface area contributed by atoms with Crippen molar-refractivity contribution >= 4 is 34.2 Å². The molecule has 1 fully saturated rings. The molecular weight excluding hydrogens is 347 g/mol. The Morgan fingerprint density at radius 1 is 1.33 bits per heavy atom. The van der Waals surface area contributed by atoms with E-state index in [1.54, 1.807) is 6.92 Å². The van der Waals surface area contributed by atoms with Crippen LogP contribution in [0.4, 0.5) is 10.2 Å². The first-order valence-corrected chi connectivity index (χ1v) is 9.06. The van der Waals surface area contributed by atoms with Crippen LogP contribution in [0.15, 0.2) is 17.1 Å². The lowest BCUT2D eigenvalue weighted by atomic mass is 9.99. The molecule has 2 aromatic rings. The van der Waals surface area contributed by atoms with E-state index in [1.807, 2.05) is 17.9 Å². The molecule has 0 bridgehead atoms. The fraction of sp³-hybridized carbons (Fsp3) is 0.400. The van der Waals surface area contributed by atoms with Crippen molar-refractivity contribution in [1.29, 1.82) is 0 Å². The molecule has 1 amide bonds. The highest BCUT2D eigenvalue weighted by Gasteiger charge is 2.26. The van der Waals surface area contributed by atoms with Gasteiger partial charge in [0.05, 0.1) is 5.56 Å². The van der Waals surface area contributed by atoms with Crippen LogP contribution in [0.3, 0.4) is 0 Å². The summed E-state index contributed by atoms with van der Waals surface area (Å²) in [6, 6.07) is 3.34. The van der Waals surface area contributed by atoms with Crippen molar-refractivity contribution in [3.8, 4) is 0 Å². The number of amides is 1. The van der Waals surface area contributed by atoms with Crippen molar-refractivity contribution in [3.05, 3.63) is 34.6 Å². The van der Waals surface area contributed by atoms with Gasteiger partial charge in [0.1, 0.15) is 28.8 Å². The number of hydrogen-bond acceptors (Lipinski definition) is 4. The summed E-state index contributed by atoms with van der Waals surface area (Å²) in [5.41, 5.74) is 7.59. The highest BCUT2D eigenvalue weighted by molar-refractivity contribution is 6.09. The molecule has 2 N–H and O–H groups in total. The van der Waals surface area contributed by atoms with Gasteiger partial charge in [0.15, 0.2) is 0 Å². The number of aromatic nitrogens is 1. The van der Waals surface area contributed by atoms with Gasteiger partial charge in [-0.15, -0.1) is 0 Å². The molecule has 1 aliphatic rings. The third-order valence-electron chi connectivity index (χ3n) is 4.86. The molecule has 0 spiro atoms. The maximum Gasteiger partial charge on any atom is 0.282 e. The number of ketones is 1. The Labute approximate surface area is 157 Å². The number of Topliss-reactive ketones (excluding diaryl/α,β-unsaturated/α-hetero) is 1. The van der Waals surface area contributed by atoms with E-state index in [0.717, 1.165) is 5.56 Å². The van der Waals surface area contributed by atoms with E-state index in [0.29, 0.717) is 54.7 Å². The first-order chi connectivity index (χ1) is 12.8. The molecule has 2 heterocycles. The second kappa shape index (κ2) is 7.42. The highest BCUT2D eigenvalue weighted by atomic mass is 19.1. The van der Waals surface area contributed by atoms with Crippen molar-refractivity contribution in [1.82, 2.24) is 4.98 Å². The molecule has 3 rings (SSSR count). The Balaban J connectivity index is 2.27. The molecular formula is C20H23FN4O2. The fourth-order valence-corrected chi connectivity index (χ4v) is 3.39. The zero-order valence-corrected chi connectivity index (χ0v) is 15.8. The summed E-state index contributed by atoms with van der Waals surface area (Å²) in [4.78, 5) is 34.6. The van der Waals surface area contributed by atoms with E-state index in [9.17, 15) is 14.0 Å².